The van der Waals surface area contributed by atoms with Gasteiger partial charge in [-0.25, -0.2) is 0 Å². The summed E-state index contributed by atoms with van der Waals surface area (Å²) in [4.78, 5) is 0. The normalized spacial score (nSPS) is 16.8. The highest BCUT2D eigenvalue weighted by Crippen LogP contribution is 2.04. The highest BCUT2D eigenvalue weighted by molar-refractivity contribution is 5.14. The number of hydrogen-bond acceptors (Lipinski definition) is 1. The molecule has 0 heterocycles. The summed E-state index contributed by atoms with van der Waals surface area (Å²) >= 11 is 0. The van der Waals surface area contributed by atoms with Crippen molar-refractivity contribution in [3.8, 4) is 0 Å². The van der Waals surface area contributed by atoms with Crippen LogP contribution in [-0.4, -0.2) is 5.11 Å². The summed E-state index contributed by atoms with van der Waals surface area (Å²) in [6.45, 7) is 0. The van der Waals surface area contributed by atoms with Crippen molar-refractivity contribution in [3.63, 3.8) is 0 Å². The van der Waals surface area contributed by atoms with Crippen LogP contribution < -0.4 is 0 Å². The Morgan fingerprint density at radius 3 is 2.38 bits per heavy atom. The van der Waals surface area contributed by atoms with Crippen molar-refractivity contribution in [1.29, 1.82) is 0 Å². The van der Waals surface area contributed by atoms with E-state index in [0.717, 1.165) is 12.8 Å². The fourth-order valence-electron chi connectivity index (χ4n) is 0.600. The average Bonchev–Trinajstić information content (AvgIpc) is 1.69. The summed E-state index contributed by atoms with van der Waals surface area (Å²) in [5, 5.41) is 8.68. The number of rotatable bonds is 0. The Balaban J connectivity index is 0.000000490. The highest BCUT2D eigenvalue weighted by atomic mass is 19.0. The standard InChI is InChI=1S/C6H8O.FH/c7-6-4-2-1-3-5-6;/h2,4-5,7H,1,3H2;1H. The first kappa shape index (κ1) is 7.21. The van der Waals surface area contributed by atoms with E-state index in [1.807, 2.05) is 12.2 Å². The van der Waals surface area contributed by atoms with E-state index in [1.165, 1.54) is 0 Å². The van der Waals surface area contributed by atoms with E-state index < -0.39 is 0 Å². The molecule has 0 radical (unpaired) electrons. The fourth-order valence-corrected chi connectivity index (χ4v) is 0.600. The lowest BCUT2D eigenvalue weighted by atomic mass is 10.2. The van der Waals surface area contributed by atoms with Crippen molar-refractivity contribution in [2.24, 2.45) is 0 Å². The van der Waals surface area contributed by atoms with Crippen LogP contribution in [0.3, 0.4) is 0 Å². The van der Waals surface area contributed by atoms with Crippen LogP contribution >= 0.6 is 0 Å². The summed E-state index contributed by atoms with van der Waals surface area (Å²) in [6, 6.07) is 0. The zero-order valence-electron chi connectivity index (χ0n) is 4.50. The summed E-state index contributed by atoms with van der Waals surface area (Å²) in [5.41, 5.74) is 0. The van der Waals surface area contributed by atoms with E-state index in [4.69, 9.17) is 5.11 Å². The molecule has 0 bridgehead atoms. The Labute approximate surface area is 47.7 Å². The van der Waals surface area contributed by atoms with Gasteiger partial charge in [0.25, 0.3) is 0 Å². The lowest BCUT2D eigenvalue weighted by molar-refractivity contribution is 0.427. The average molecular weight is 116 g/mol. The number of allylic oxidation sites excluding steroid dienone is 3. The third kappa shape index (κ3) is 1.78. The van der Waals surface area contributed by atoms with E-state index in [2.05, 4.69) is 0 Å². The molecule has 1 nitrogen and oxygen atoms in total. The predicted octanol–water partition coefficient (Wildman–Crippen LogP) is 1.93. The Kier molecular flexibility index (Phi) is 2.92. The number of halogens is 1. The number of hydrogen-bond donors (Lipinski definition) is 1. The van der Waals surface area contributed by atoms with Gasteiger partial charge in [-0.1, -0.05) is 6.08 Å². The largest absolute Gasteiger partial charge is 0.508 e. The second-order valence-corrected chi connectivity index (χ2v) is 1.61. The molecular formula is C6H9FO. The maximum absolute atomic E-state index is 8.68. The molecular weight excluding hydrogens is 107 g/mol. The van der Waals surface area contributed by atoms with Crippen molar-refractivity contribution in [2.45, 2.75) is 12.8 Å². The van der Waals surface area contributed by atoms with Crippen LogP contribution in [0.5, 0.6) is 0 Å². The van der Waals surface area contributed by atoms with Crippen LogP contribution in [0.1, 0.15) is 12.8 Å². The van der Waals surface area contributed by atoms with Crippen molar-refractivity contribution in [2.75, 3.05) is 0 Å². The summed E-state index contributed by atoms with van der Waals surface area (Å²) < 4.78 is 0. The second kappa shape index (κ2) is 3.24. The monoisotopic (exact) mass is 116 g/mol. The Morgan fingerprint density at radius 2 is 2.12 bits per heavy atom. The van der Waals surface area contributed by atoms with Gasteiger partial charge in [0, 0.05) is 0 Å². The van der Waals surface area contributed by atoms with E-state index in [9.17, 15) is 0 Å². The van der Waals surface area contributed by atoms with Crippen LogP contribution in [0.2, 0.25) is 0 Å². The fraction of sp³-hybridized carbons (Fsp3) is 0.333. The summed E-state index contributed by atoms with van der Waals surface area (Å²) in [5.74, 6) is 0.409. The minimum Gasteiger partial charge on any atom is -0.508 e. The van der Waals surface area contributed by atoms with Gasteiger partial charge in [0.05, 0.1) is 0 Å². The zero-order chi connectivity index (χ0) is 5.11. The topological polar surface area (TPSA) is 20.2 Å². The zero-order valence-corrected chi connectivity index (χ0v) is 4.50. The third-order valence-electron chi connectivity index (χ3n) is 0.975. The Bertz CT molecular complexity index is 116. The van der Waals surface area contributed by atoms with Crippen LogP contribution in [0.25, 0.3) is 0 Å². The van der Waals surface area contributed by atoms with E-state index in [0.29, 0.717) is 5.76 Å². The Morgan fingerprint density at radius 1 is 1.38 bits per heavy atom. The minimum atomic E-state index is 0. The Hall–Kier alpha value is -0.790. The van der Waals surface area contributed by atoms with Gasteiger partial charge in [0.1, 0.15) is 5.76 Å². The summed E-state index contributed by atoms with van der Waals surface area (Å²) in [6.07, 6.45) is 7.57. The second-order valence-electron chi connectivity index (χ2n) is 1.61. The maximum atomic E-state index is 8.68. The van der Waals surface area contributed by atoms with Crippen molar-refractivity contribution < 1.29 is 9.81 Å². The molecule has 0 aromatic heterocycles. The van der Waals surface area contributed by atoms with Gasteiger partial charge in [0.2, 0.25) is 0 Å². The van der Waals surface area contributed by atoms with Crippen molar-refractivity contribution in [1.82, 2.24) is 0 Å². The van der Waals surface area contributed by atoms with E-state index >= 15 is 0 Å². The first-order valence-electron chi connectivity index (χ1n) is 2.45. The van der Waals surface area contributed by atoms with Crippen LogP contribution in [-0.2, 0) is 0 Å². The smallest absolute Gasteiger partial charge is 0.111 e. The lowest BCUT2D eigenvalue weighted by Crippen LogP contribution is -1.79. The first-order chi connectivity index (χ1) is 3.39. The molecule has 1 aliphatic rings. The minimum absolute atomic E-state index is 0. The van der Waals surface area contributed by atoms with Crippen molar-refractivity contribution >= 4 is 0 Å². The molecule has 0 spiro atoms. The molecule has 0 aromatic rings. The molecule has 0 aromatic carbocycles. The van der Waals surface area contributed by atoms with Gasteiger partial charge >= 0.3 is 0 Å². The van der Waals surface area contributed by atoms with E-state index in [-0.39, 0.29) is 4.70 Å². The van der Waals surface area contributed by atoms with Crippen molar-refractivity contribution in [3.05, 3.63) is 24.0 Å². The van der Waals surface area contributed by atoms with Gasteiger partial charge in [-0.3, -0.25) is 4.70 Å². The molecule has 1 rings (SSSR count). The molecule has 0 saturated heterocycles. The van der Waals surface area contributed by atoms with Gasteiger partial charge < -0.3 is 5.11 Å². The molecule has 8 heavy (non-hydrogen) atoms. The number of aliphatic hydroxyl groups excluding tert-OH is 1. The molecule has 2 heteroatoms. The van der Waals surface area contributed by atoms with Crippen LogP contribution in [0, 0.1) is 0 Å². The lowest BCUT2D eigenvalue weighted by Gasteiger charge is -1.95. The van der Waals surface area contributed by atoms with Crippen LogP contribution in [0.4, 0.5) is 4.70 Å². The molecule has 0 aliphatic heterocycles. The van der Waals surface area contributed by atoms with Gasteiger partial charge in [-0.15, -0.1) is 0 Å². The molecule has 0 amide bonds. The molecule has 0 unspecified atom stereocenters. The van der Waals surface area contributed by atoms with Gasteiger partial charge in [-0.05, 0) is 25.0 Å². The summed E-state index contributed by atoms with van der Waals surface area (Å²) in [7, 11) is 0. The highest BCUT2D eigenvalue weighted by Gasteiger charge is 1.88. The van der Waals surface area contributed by atoms with Gasteiger partial charge in [-0.2, -0.15) is 0 Å². The molecule has 1 N–H and O–H groups in total. The van der Waals surface area contributed by atoms with E-state index in [1.54, 1.807) is 6.08 Å². The molecule has 0 fully saturated rings. The SMILES string of the molecule is F.OC1=CCCC=C1. The predicted molar refractivity (Wildman–Crippen MR) is 31.6 cm³/mol. The van der Waals surface area contributed by atoms with Gasteiger partial charge in [0.15, 0.2) is 0 Å². The maximum Gasteiger partial charge on any atom is 0.111 e. The quantitative estimate of drug-likeness (QED) is 0.512. The molecule has 46 valence electrons. The number of aliphatic hydroxyl groups is 1. The molecule has 1 aliphatic carbocycles. The molecule has 0 atom stereocenters. The first-order valence-corrected chi connectivity index (χ1v) is 2.45. The van der Waals surface area contributed by atoms with Crippen LogP contribution in [0.15, 0.2) is 24.0 Å². The molecule has 0 saturated carbocycles. The third-order valence-corrected chi connectivity index (χ3v) is 0.975.